The molecule has 0 bridgehead atoms. The van der Waals surface area contributed by atoms with E-state index in [9.17, 15) is 14.0 Å². The Hall–Kier alpha value is -2.25. The fraction of sp³-hybridized carbons (Fsp3) is 0.455. The van der Waals surface area contributed by atoms with Crippen molar-refractivity contribution < 1.29 is 18.7 Å². The summed E-state index contributed by atoms with van der Waals surface area (Å²) >= 11 is 1.55. The first-order valence-electron chi connectivity index (χ1n) is 9.96. The second-order valence-corrected chi connectivity index (χ2v) is 8.36. The highest BCUT2D eigenvalue weighted by atomic mass is 32.1. The third kappa shape index (κ3) is 5.22. The molecular formula is C22H27FN2O3S. The van der Waals surface area contributed by atoms with E-state index in [4.69, 9.17) is 4.74 Å². The van der Waals surface area contributed by atoms with Gasteiger partial charge in [-0.1, -0.05) is 12.1 Å². The lowest BCUT2D eigenvalue weighted by Gasteiger charge is -2.13. The maximum atomic E-state index is 13.8. The second-order valence-electron chi connectivity index (χ2n) is 7.26. The van der Waals surface area contributed by atoms with E-state index in [-0.39, 0.29) is 18.2 Å². The average molecular weight is 419 g/mol. The van der Waals surface area contributed by atoms with Gasteiger partial charge in [0.05, 0.1) is 12.1 Å². The summed E-state index contributed by atoms with van der Waals surface area (Å²) in [4.78, 5) is 26.6. The molecule has 156 valence electrons. The van der Waals surface area contributed by atoms with E-state index in [0.29, 0.717) is 29.8 Å². The maximum Gasteiger partial charge on any atom is 0.254 e. The zero-order chi connectivity index (χ0) is 20.8. The van der Waals surface area contributed by atoms with Crippen LogP contribution in [0, 0.1) is 12.7 Å². The average Bonchev–Trinajstić information content (AvgIpc) is 3.09. The van der Waals surface area contributed by atoms with Crippen LogP contribution in [0.3, 0.4) is 0 Å². The van der Waals surface area contributed by atoms with Gasteiger partial charge in [0, 0.05) is 30.7 Å². The maximum absolute atomic E-state index is 13.8. The number of anilines is 1. The number of hydrogen-bond donors (Lipinski definition) is 2. The highest BCUT2D eigenvalue weighted by Gasteiger charge is 2.25. The Morgan fingerprint density at radius 1 is 1.24 bits per heavy atom. The lowest BCUT2D eigenvalue weighted by Crippen LogP contribution is -2.27. The molecule has 0 aliphatic heterocycles. The van der Waals surface area contributed by atoms with Crippen LogP contribution in [0.4, 0.5) is 9.39 Å². The van der Waals surface area contributed by atoms with Crippen molar-refractivity contribution in [1.82, 2.24) is 5.32 Å². The van der Waals surface area contributed by atoms with Gasteiger partial charge >= 0.3 is 0 Å². The van der Waals surface area contributed by atoms with Gasteiger partial charge in [-0.15, -0.1) is 11.3 Å². The predicted octanol–water partition coefficient (Wildman–Crippen LogP) is 4.14. The lowest BCUT2D eigenvalue weighted by molar-refractivity contribution is 0.0946. The number of ether oxygens (including phenoxy) is 1. The molecule has 1 heterocycles. The largest absolute Gasteiger partial charge is 0.385 e. The van der Waals surface area contributed by atoms with Crippen molar-refractivity contribution in [2.75, 3.05) is 32.1 Å². The number of fused-ring (bicyclic) bond motifs is 1. The number of nitrogens with one attached hydrogen (secondary N) is 2. The molecule has 0 radical (unpaired) electrons. The summed E-state index contributed by atoms with van der Waals surface area (Å²) in [5.74, 6) is -0.711. The monoisotopic (exact) mass is 418 g/mol. The van der Waals surface area contributed by atoms with E-state index < -0.39 is 5.82 Å². The summed E-state index contributed by atoms with van der Waals surface area (Å²) in [5, 5.41) is 6.83. The van der Waals surface area contributed by atoms with Crippen molar-refractivity contribution in [1.29, 1.82) is 0 Å². The number of aryl methyl sites for hydroxylation is 2. The highest BCUT2D eigenvalue weighted by Crippen LogP contribution is 2.38. The highest BCUT2D eigenvalue weighted by molar-refractivity contribution is 7.16. The van der Waals surface area contributed by atoms with Crippen LogP contribution in [0.25, 0.3) is 0 Å². The zero-order valence-corrected chi connectivity index (χ0v) is 17.7. The molecular weight excluding hydrogens is 391 g/mol. The van der Waals surface area contributed by atoms with Gasteiger partial charge in [0.15, 0.2) is 5.78 Å². The molecule has 1 aromatic heterocycles. The molecule has 7 heteroatoms. The van der Waals surface area contributed by atoms with E-state index in [2.05, 4.69) is 10.6 Å². The van der Waals surface area contributed by atoms with Gasteiger partial charge in [0.25, 0.3) is 5.91 Å². The summed E-state index contributed by atoms with van der Waals surface area (Å²) in [7, 11) is 1.63. The quantitative estimate of drug-likeness (QED) is 0.475. The number of benzene rings is 1. The molecule has 0 spiro atoms. The molecule has 0 saturated heterocycles. The Kier molecular flexibility index (Phi) is 7.39. The van der Waals surface area contributed by atoms with Crippen LogP contribution in [0.5, 0.6) is 0 Å². The number of carbonyl (C=O) groups excluding carboxylic acids is 2. The van der Waals surface area contributed by atoms with Gasteiger partial charge < -0.3 is 15.4 Å². The molecule has 1 aliphatic carbocycles. The first-order chi connectivity index (χ1) is 14.0. The van der Waals surface area contributed by atoms with Gasteiger partial charge in [-0.25, -0.2) is 4.39 Å². The molecule has 3 rings (SSSR count). The molecule has 1 amide bonds. The van der Waals surface area contributed by atoms with Crippen LogP contribution in [-0.4, -0.2) is 38.5 Å². The fourth-order valence-corrected chi connectivity index (χ4v) is 4.75. The van der Waals surface area contributed by atoms with Crippen LogP contribution in [0.1, 0.15) is 56.0 Å². The van der Waals surface area contributed by atoms with Crippen molar-refractivity contribution in [3.63, 3.8) is 0 Å². The van der Waals surface area contributed by atoms with Gasteiger partial charge in [-0.05, 0) is 56.2 Å². The van der Waals surface area contributed by atoms with Gasteiger partial charge in [-0.2, -0.15) is 0 Å². The molecule has 1 aliphatic rings. The Bertz CT molecular complexity index is 894. The number of carbonyl (C=O) groups is 2. The van der Waals surface area contributed by atoms with Crippen molar-refractivity contribution in [2.45, 2.75) is 39.0 Å². The third-order valence-corrected chi connectivity index (χ3v) is 6.36. The minimum Gasteiger partial charge on any atom is -0.385 e. The second kappa shape index (κ2) is 9.98. The van der Waals surface area contributed by atoms with Crippen LogP contribution >= 0.6 is 11.3 Å². The Morgan fingerprint density at radius 2 is 2.03 bits per heavy atom. The van der Waals surface area contributed by atoms with Gasteiger partial charge in [0.1, 0.15) is 10.8 Å². The number of Topliss-reactive ketones (excluding diaryl/α,β-unsaturated/α-hetero) is 1. The summed E-state index contributed by atoms with van der Waals surface area (Å²) < 4.78 is 18.8. The van der Waals surface area contributed by atoms with Crippen molar-refractivity contribution in [2.24, 2.45) is 0 Å². The number of methoxy groups -OCH3 is 1. The molecule has 0 fully saturated rings. The zero-order valence-electron chi connectivity index (χ0n) is 16.9. The van der Waals surface area contributed by atoms with Crippen LogP contribution < -0.4 is 10.6 Å². The predicted molar refractivity (Wildman–Crippen MR) is 114 cm³/mol. The first-order valence-corrected chi connectivity index (χ1v) is 10.8. The van der Waals surface area contributed by atoms with E-state index in [1.165, 1.54) is 10.9 Å². The number of ketones is 1. The molecule has 0 saturated carbocycles. The minimum absolute atomic E-state index is 0.0197. The molecule has 5 nitrogen and oxygen atoms in total. The first kappa shape index (κ1) is 21.5. The van der Waals surface area contributed by atoms with Crippen LogP contribution in [0.15, 0.2) is 18.2 Å². The summed E-state index contributed by atoms with van der Waals surface area (Å²) in [6.45, 7) is 2.81. The topological polar surface area (TPSA) is 67.4 Å². The van der Waals surface area contributed by atoms with E-state index >= 15 is 0 Å². The van der Waals surface area contributed by atoms with Crippen molar-refractivity contribution >= 4 is 28.0 Å². The molecule has 0 unspecified atom stereocenters. The number of rotatable bonds is 9. The molecule has 2 N–H and O–H groups in total. The third-order valence-electron chi connectivity index (χ3n) is 5.11. The fourth-order valence-electron chi connectivity index (χ4n) is 3.47. The van der Waals surface area contributed by atoms with Gasteiger partial charge in [-0.3, -0.25) is 9.59 Å². The number of halogens is 1. The Balaban J connectivity index is 1.74. The molecule has 2 aromatic rings. The van der Waals surface area contributed by atoms with E-state index in [1.54, 1.807) is 37.5 Å². The number of amides is 1. The number of thiophene rings is 1. The summed E-state index contributed by atoms with van der Waals surface area (Å²) in [5.41, 5.74) is 2.59. The summed E-state index contributed by atoms with van der Waals surface area (Å²) in [6, 6.07) is 4.50. The van der Waals surface area contributed by atoms with Crippen LogP contribution in [-0.2, 0) is 17.6 Å². The lowest BCUT2D eigenvalue weighted by atomic mass is 9.95. The smallest absolute Gasteiger partial charge is 0.254 e. The SMILES string of the molecule is COCCCNC(=O)c1c(NCC(=O)c2ccc(C)c(F)c2)sc2c1CCCC2. The van der Waals surface area contributed by atoms with Gasteiger partial charge in [0.2, 0.25) is 0 Å². The normalized spacial score (nSPS) is 13.1. The van der Waals surface area contributed by atoms with Crippen molar-refractivity contribution in [3.05, 3.63) is 51.1 Å². The molecule has 1 aromatic carbocycles. The van der Waals surface area contributed by atoms with E-state index in [1.807, 2.05) is 0 Å². The summed E-state index contributed by atoms with van der Waals surface area (Å²) in [6.07, 6.45) is 4.77. The minimum atomic E-state index is -0.390. The number of hydrogen-bond acceptors (Lipinski definition) is 5. The standard InChI is InChI=1S/C22H27FN2O3S/c1-14-8-9-15(12-17(14)23)18(26)13-25-22-20(21(27)24-10-5-11-28-2)16-6-3-4-7-19(16)29-22/h8-9,12,25H,3-7,10-11,13H2,1-2H3,(H,24,27). The van der Waals surface area contributed by atoms with Crippen LogP contribution in [0.2, 0.25) is 0 Å². The molecule has 29 heavy (non-hydrogen) atoms. The van der Waals surface area contributed by atoms with Crippen molar-refractivity contribution in [3.8, 4) is 0 Å². The molecule has 0 atom stereocenters. The van der Waals surface area contributed by atoms with E-state index in [0.717, 1.165) is 42.7 Å². The Labute approximate surface area is 174 Å². The Morgan fingerprint density at radius 3 is 2.79 bits per heavy atom.